The fourth-order valence-corrected chi connectivity index (χ4v) is 6.09. The molecule has 0 fully saturated rings. The van der Waals surface area contributed by atoms with E-state index in [4.69, 9.17) is 13.9 Å². The second-order valence-electron chi connectivity index (χ2n) is 8.90. The molecule has 1 N–H and O–H groups in total. The van der Waals surface area contributed by atoms with E-state index < -0.39 is 23.5 Å². The molecule has 1 amide bonds. The Kier molecular flexibility index (Phi) is 8.70. The highest BCUT2D eigenvalue weighted by Gasteiger charge is 2.47. The number of aliphatic hydroxyl groups excluding tert-OH is 1. The molecule has 2 aromatic carbocycles. The lowest BCUT2D eigenvalue weighted by atomic mass is 9.95. The molecule has 0 bridgehead atoms. The number of amides is 1. The van der Waals surface area contributed by atoms with Gasteiger partial charge in [0.15, 0.2) is 27.4 Å². The second-order valence-corrected chi connectivity index (χ2v) is 11.1. The van der Waals surface area contributed by atoms with Crippen LogP contribution in [0, 0.1) is 5.82 Å². The van der Waals surface area contributed by atoms with Gasteiger partial charge >= 0.3 is 0 Å². The molecule has 4 aromatic rings. The van der Waals surface area contributed by atoms with Crippen LogP contribution in [0.25, 0.3) is 0 Å². The minimum absolute atomic E-state index is 0.0214. The van der Waals surface area contributed by atoms with E-state index in [0.29, 0.717) is 40.4 Å². The summed E-state index contributed by atoms with van der Waals surface area (Å²) in [5.41, 5.74) is 1.24. The Morgan fingerprint density at radius 3 is 2.63 bits per heavy atom. The van der Waals surface area contributed by atoms with Crippen LogP contribution < -0.4 is 14.4 Å². The molecule has 41 heavy (non-hydrogen) atoms. The molecular weight excluding hydrogens is 569 g/mol. The molecule has 0 spiro atoms. The Morgan fingerprint density at radius 1 is 1.12 bits per heavy atom. The van der Waals surface area contributed by atoms with Gasteiger partial charge in [-0.15, -0.1) is 10.2 Å². The van der Waals surface area contributed by atoms with Crippen LogP contribution in [0.2, 0.25) is 0 Å². The van der Waals surface area contributed by atoms with Gasteiger partial charge in [0.25, 0.3) is 5.91 Å². The van der Waals surface area contributed by atoms with Crippen molar-refractivity contribution in [3.8, 4) is 11.5 Å². The van der Waals surface area contributed by atoms with E-state index in [1.807, 2.05) is 13.8 Å². The Bertz CT molecular complexity index is 1570. The van der Waals surface area contributed by atoms with Gasteiger partial charge in [0.2, 0.25) is 10.9 Å². The first-order valence-corrected chi connectivity index (χ1v) is 14.7. The largest absolute Gasteiger partial charge is 0.503 e. The number of nitrogens with zero attached hydrogens (tertiary/aromatic N) is 3. The molecule has 1 atom stereocenters. The zero-order valence-electron chi connectivity index (χ0n) is 22.2. The van der Waals surface area contributed by atoms with Crippen molar-refractivity contribution in [2.24, 2.45) is 0 Å². The first-order valence-electron chi connectivity index (χ1n) is 12.9. The zero-order chi connectivity index (χ0) is 28.9. The molecule has 0 radical (unpaired) electrons. The summed E-state index contributed by atoms with van der Waals surface area (Å²) in [6, 6.07) is 13.2. The molecule has 212 valence electrons. The number of carbonyl (C=O) groups excluding carboxylic acids is 2. The third-order valence-corrected chi connectivity index (χ3v) is 8.25. The Balaban J connectivity index is 1.52. The van der Waals surface area contributed by atoms with Crippen LogP contribution in [0.15, 0.2) is 80.9 Å². The summed E-state index contributed by atoms with van der Waals surface area (Å²) in [7, 11) is 0. The summed E-state index contributed by atoms with van der Waals surface area (Å²) >= 11 is 2.51. The topological polar surface area (TPSA) is 115 Å². The van der Waals surface area contributed by atoms with Gasteiger partial charge in [-0.2, -0.15) is 0 Å². The molecule has 12 heteroatoms. The molecule has 5 rings (SSSR count). The van der Waals surface area contributed by atoms with E-state index >= 15 is 0 Å². The predicted octanol–water partition coefficient (Wildman–Crippen LogP) is 6.53. The number of ether oxygens (including phenoxy) is 2. The van der Waals surface area contributed by atoms with Gasteiger partial charge in [-0.05, 0) is 60.9 Å². The van der Waals surface area contributed by atoms with Crippen molar-refractivity contribution < 1.29 is 33.0 Å². The van der Waals surface area contributed by atoms with Crippen LogP contribution in [0.4, 0.5) is 9.52 Å². The number of hydrogen-bond acceptors (Lipinski definition) is 10. The minimum atomic E-state index is -1.04. The smallest absolute Gasteiger partial charge is 0.296 e. The maximum absolute atomic E-state index is 13.5. The third kappa shape index (κ3) is 5.98. The molecule has 0 saturated heterocycles. The van der Waals surface area contributed by atoms with E-state index in [0.717, 1.165) is 23.3 Å². The molecule has 0 saturated carbocycles. The number of aromatic nitrogens is 2. The van der Waals surface area contributed by atoms with Crippen LogP contribution in [-0.2, 0) is 10.5 Å². The monoisotopic (exact) mass is 595 g/mol. The summed E-state index contributed by atoms with van der Waals surface area (Å²) in [6.07, 6.45) is 2.14. The highest BCUT2D eigenvalue weighted by atomic mass is 32.2. The first-order chi connectivity index (χ1) is 19.9. The number of benzene rings is 2. The first kappa shape index (κ1) is 28.4. The standard InChI is InChI=1S/C29H26FN3O6S2/c1-3-13-38-20-12-9-18(15-22(20)37-4-2)24-23(25(34)21-6-5-14-39-21)26(35)27(36)33(24)28-31-32-29(41-28)40-16-17-7-10-19(30)11-8-17/h5-12,14-15,24,35H,3-4,13,16H2,1-2H3. The van der Waals surface area contributed by atoms with Crippen LogP contribution in [0.3, 0.4) is 0 Å². The normalized spacial score (nSPS) is 15.0. The maximum atomic E-state index is 13.5. The fourth-order valence-electron chi connectivity index (χ4n) is 4.27. The number of rotatable bonds is 12. The predicted molar refractivity (Wildman–Crippen MR) is 152 cm³/mol. The maximum Gasteiger partial charge on any atom is 0.296 e. The van der Waals surface area contributed by atoms with Crippen LogP contribution in [0.1, 0.15) is 48.0 Å². The summed E-state index contributed by atoms with van der Waals surface area (Å²) < 4.78 is 30.8. The highest BCUT2D eigenvalue weighted by molar-refractivity contribution is 8.00. The lowest BCUT2D eigenvalue weighted by Crippen LogP contribution is -2.31. The summed E-state index contributed by atoms with van der Waals surface area (Å²) in [5, 5.41) is 19.6. The fraction of sp³-hybridized carbons (Fsp3) is 0.241. The number of aliphatic hydroxyl groups is 1. The molecule has 1 unspecified atom stereocenters. The number of ketones is 1. The Hall–Kier alpha value is -4.16. The lowest BCUT2D eigenvalue weighted by Gasteiger charge is -2.24. The lowest BCUT2D eigenvalue weighted by molar-refractivity contribution is -0.117. The number of anilines is 1. The van der Waals surface area contributed by atoms with Gasteiger partial charge < -0.3 is 19.0 Å². The number of halogens is 1. The van der Waals surface area contributed by atoms with Gasteiger partial charge in [0, 0.05) is 5.75 Å². The van der Waals surface area contributed by atoms with E-state index in [9.17, 15) is 19.1 Å². The van der Waals surface area contributed by atoms with Crippen molar-refractivity contribution in [1.82, 2.24) is 10.2 Å². The van der Waals surface area contributed by atoms with E-state index in [-0.39, 0.29) is 22.3 Å². The van der Waals surface area contributed by atoms with Gasteiger partial charge in [0.05, 0.1) is 31.1 Å². The number of carbonyl (C=O) groups is 2. The summed E-state index contributed by atoms with van der Waals surface area (Å²) in [6.45, 7) is 4.68. The number of thioether (sulfide) groups is 1. The molecule has 3 heterocycles. The van der Waals surface area contributed by atoms with Crippen molar-refractivity contribution in [3.63, 3.8) is 0 Å². The van der Waals surface area contributed by atoms with Crippen LogP contribution in [0.5, 0.6) is 11.5 Å². The van der Waals surface area contributed by atoms with Gasteiger partial charge in [0.1, 0.15) is 5.82 Å². The quantitative estimate of drug-likeness (QED) is 0.111. The van der Waals surface area contributed by atoms with Crippen molar-refractivity contribution >= 4 is 39.9 Å². The van der Waals surface area contributed by atoms with E-state index in [1.54, 1.807) is 36.4 Å². The second kappa shape index (κ2) is 12.6. The third-order valence-electron chi connectivity index (χ3n) is 6.12. The van der Waals surface area contributed by atoms with Gasteiger partial charge in [-0.25, -0.2) is 4.39 Å². The molecular formula is C29H26FN3O6S2. The zero-order valence-corrected chi connectivity index (χ0v) is 23.8. The minimum Gasteiger partial charge on any atom is -0.503 e. The highest BCUT2D eigenvalue weighted by Crippen LogP contribution is 2.45. The number of Topliss-reactive ketones (excluding diaryl/α,β-unsaturated/α-hetero) is 1. The SMILES string of the molecule is CCCOc1ccc(C2C(C(=O)c3ccco3)=C(O)C(=O)N2c2nnc(SCc3ccc(F)cc3)s2)cc1OCC. The Morgan fingerprint density at radius 2 is 1.93 bits per heavy atom. The van der Waals surface area contributed by atoms with Crippen molar-refractivity contribution in [1.29, 1.82) is 0 Å². The molecule has 2 aromatic heterocycles. The van der Waals surface area contributed by atoms with Crippen molar-refractivity contribution in [3.05, 3.63) is 94.9 Å². The number of hydrogen-bond donors (Lipinski definition) is 1. The van der Waals surface area contributed by atoms with Gasteiger partial charge in [-0.3, -0.25) is 14.5 Å². The molecule has 1 aliphatic heterocycles. The summed E-state index contributed by atoms with van der Waals surface area (Å²) in [5.74, 6) is -0.989. The van der Waals surface area contributed by atoms with Crippen LogP contribution >= 0.6 is 23.1 Å². The van der Waals surface area contributed by atoms with E-state index in [1.165, 1.54) is 41.1 Å². The van der Waals surface area contributed by atoms with Gasteiger partial charge in [-0.1, -0.05) is 48.2 Å². The molecule has 1 aliphatic rings. The molecule has 9 nitrogen and oxygen atoms in total. The van der Waals surface area contributed by atoms with Crippen LogP contribution in [-0.4, -0.2) is 40.2 Å². The average molecular weight is 596 g/mol. The summed E-state index contributed by atoms with van der Waals surface area (Å²) in [4.78, 5) is 28.3. The number of furan rings is 1. The van der Waals surface area contributed by atoms with Crippen molar-refractivity contribution in [2.75, 3.05) is 18.1 Å². The van der Waals surface area contributed by atoms with Crippen molar-refractivity contribution in [2.45, 2.75) is 36.4 Å². The molecule has 0 aliphatic carbocycles. The van der Waals surface area contributed by atoms with E-state index in [2.05, 4.69) is 10.2 Å². The average Bonchev–Trinajstić information content (AvgIpc) is 3.73. The Labute approximate surface area is 243 Å².